The third-order valence-electron chi connectivity index (χ3n) is 3.20. The van der Waals surface area contributed by atoms with Crippen LogP contribution in [0.15, 0.2) is 54.6 Å². The van der Waals surface area contributed by atoms with Crippen LogP contribution in [0.3, 0.4) is 0 Å². The molecule has 4 nitrogen and oxygen atoms in total. The van der Waals surface area contributed by atoms with Crippen LogP contribution in [-0.4, -0.2) is 23.0 Å². The van der Waals surface area contributed by atoms with Crippen LogP contribution in [0.4, 0.5) is 0 Å². The van der Waals surface area contributed by atoms with E-state index >= 15 is 0 Å². The third-order valence-corrected chi connectivity index (χ3v) is 3.20. The lowest BCUT2D eigenvalue weighted by atomic mass is 10.1. The average Bonchev–Trinajstić information content (AvgIpc) is 2.49. The van der Waals surface area contributed by atoms with Crippen LogP contribution in [0.2, 0.25) is 0 Å². The number of hydrogen-bond donors (Lipinski definition) is 2. The summed E-state index contributed by atoms with van der Waals surface area (Å²) in [6.07, 6.45) is 0. The SMILES string of the molecule is CN(Cc1ccccc1O)C(=O)[C@H](N)c1ccccc1. The van der Waals surface area contributed by atoms with Gasteiger partial charge in [-0.15, -0.1) is 0 Å². The normalized spacial score (nSPS) is 11.9. The predicted octanol–water partition coefficient (Wildman–Crippen LogP) is 2.05. The molecule has 0 radical (unpaired) electrons. The van der Waals surface area contributed by atoms with Crippen molar-refractivity contribution in [2.24, 2.45) is 5.73 Å². The first kappa shape index (κ1) is 14.1. The summed E-state index contributed by atoms with van der Waals surface area (Å²) in [7, 11) is 1.68. The molecule has 1 amide bonds. The van der Waals surface area contributed by atoms with E-state index in [1.807, 2.05) is 36.4 Å². The highest BCUT2D eigenvalue weighted by molar-refractivity contribution is 5.82. The van der Waals surface area contributed by atoms with Gasteiger partial charge in [0.2, 0.25) is 5.91 Å². The van der Waals surface area contributed by atoms with Crippen LogP contribution < -0.4 is 5.73 Å². The molecule has 0 heterocycles. The first-order valence-electron chi connectivity index (χ1n) is 6.42. The molecule has 2 aromatic rings. The van der Waals surface area contributed by atoms with Crippen LogP contribution in [0.25, 0.3) is 0 Å². The van der Waals surface area contributed by atoms with Gasteiger partial charge in [-0.2, -0.15) is 0 Å². The average molecular weight is 270 g/mol. The predicted molar refractivity (Wildman–Crippen MR) is 78.0 cm³/mol. The fourth-order valence-corrected chi connectivity index (χ4v) is 2.02. The van der Waals surface area contributed by atoms with Crippen molar-refractivity contribution in [2.45, 2.75) is 12.6 Å². The van der Waals surface area contributed by atoms with Gasteiger partial charge in [0.1, 0.15) is 11.8 Å². The van der Waals surface area contributed by atoms with Crippen molar-refractivity contribution >= 4 is 5.91 Å². The lowest BCUT2D eigenvalue weighted by Gasteiger charge is -2.22. The van der Waals surface area contributed by atoms with Crippen molar-refractivity contribution in [1.29, 1.82) is 0 Å². The molecule has 0 saturated carbocycles. The summed E-state index contributed by atoms with van der Waals surface area (Å²) in [5.41, 5.74) is 7.45. The highest BCUT2D eigenvalue weighted by atomic mass is 16.3. The molecule has 0 bridgehead atoms. The monoisotopic (exact) mass is 270 g/mol. The maximum Gasteiger partial charge on any atom is 0.244 e. The first-order chi connectivity index (χ1) is 9.59. The van der Waals surface area contributed by atoms with Crippen molar-refractivity contribution in [3.63, 3.8) is 0 Å². The number of phenolic OH excluding ortho intramolecular Hbond substituents is 1. The largest absolute Gasteiger partial charge is 0.508 e. The molecule has 0 unspecified atom stereocenters. The number of amides is 1. The Morgan fingerprint density at radius 1 is 1.15 bits per heavy atom. The Balaban J connectivity index is 2.08. The second kappa shape index (κ2) is 6.21. The summed E-state index contributed by atoms with van der Waals surface area (Å²) in [6.45, 7) is 0.325. The van der Waals surface area contributed by atoms with E-state index in [1.165, 1.54) is 4.90 Å². The molecule has 0 saturated heterocycles. The molecule has 1 atom stereocenters. The molecule has 104 valence electrons. The highest BCUT2D eigenvalue weighted by Crippen LogP contribution is 2.19. The quantitative estimate of drug-likeness (QED) is 0.893. The topological polar surface area (TPSA) is 66.6 Å². The summed E-state index contributed by atoms with van der Waals surface area (Å²) in [5.74, 6) is -0.000106. The molecule has 2 aromatic carbocycles. The summed E-state index contributed by atoms with van der Waals surface area (Å²) in [4.78, 5) is 13.8. The molecule has 3 N–H and O–H groups in total. The van der Waals surface area contributed by atoms with Crippen molar-refractivity contribution in [1.82, 2.24) is 4.90 Å². The van der Waals surface area contributed by atoms with E-state index in [-0.39, 0.29) is 11.7 Å². The Morgan fingerprint density at radius 2 is 1.75 bits per heavy atom. The van der Waals surface area contributed by atoms with E-state index in [4.69, 9.17) is 5.73 Å². The van der Waals surface area contributed by atoms with E-state index in [9.17, 15) is 9.90 Å². The molecule has 0 fully saturated rings. The number of carbonyl (C=O) groups excluding carboxylic acids is 1. The fourth-order valence-electron chi connectivity index (χ4n) is 2.02. The molecular weight excluding hydrogens is 252 g/mol. The maximum atomic E-state index is 12.3. The van der Waals surface area contributed by atoms with Gasteiger partial charge in [-0.05, 0) is 11.6 Å². The Labute approximate surface area is 118 Å². The Morgan fingerprint density at radius 3 is 2.40 bits per heavy atom. The lowest BCUT2D eigenvalue weighted by Crippen LogP contribution is -2.35. The Bertz CT molecular complexity index is 584. The summed E-state index contributed by atoms with van der Waals surface area (Å²) in [5, 5.41) is 9.73. The molecular formula is C16H18N2O2. The number of aromatic hydroxyl groups is 1. The van der Waals surface area contributed by atoms with Gasteiger partial charge in [0.15, 0.2) is 0 Å². The third kappa shape index (κ3) is 3.16. The molecule has 0 aliphatic carbocycles. The van der Waals surface area contributed by atoms with Crippen molar-refractivity contribution < 1.29 is 9.90 Å². The van der Waals surface area contributed by atoms with Crippen LogP contribution in [0.1, 0.15) is 17.2 Å². The number of likely N-dealkylation sites (N-methyl/N-ethyl adjacent to an activating group) is 1. The van der Waals surface area contributed by atoms with Crippen molar-refractivity contribution in [2.75, 3.05) is 7.05 Å². The smallest absolute Gasteiger partial charge is 0.244 e. The molecule has 0 aromatic heterocycles. The second-order valence-electron chi connectivity index (χ2n) is 4.71. The highest BCUT2D eigenvalue weighted by Gasteiger charge is 2.20. The van der Waals surface area contributed by atoms with Gasteiger partial charge in [-0.25, -0.2) is 0 Å². The summed E-state index contributed by atoms with van der Waals surface area (Å²) in [6, 6.07) is 15.5. The van der Waals surface area contributed by atoms with Gasteiger partial charge in [0.25, 0.3) is 0 Å². The molecule has 20 heavy (non-hydrogen) atoms. The summed E-state index contributed by atoms with van der Waals surface area (Å²) >= 11 is 0. The van der Waals surface area contributed by atoms with Gasteiger partial charge >= 0.3 is 0 Å². The van der Waals surface area contributed by atoms with E-state index in [0.29, 0.717) is 12.1 Å². The number of para-hydroxylation sites is 1. The van der Waals surface area contributed by atoms with Gasteiger partial charge in [-0.3, -0.25) is 4.79 Å². The van der Waals surface area contributed by atoms with Crippen molar-refractivity contribution in [3.8, 4) is 5.75 Å². The number of benzene rings is 2. The molecule has 0 aliphatic heterocycles. The van der Waals surface area contributed by atoms with E-state index in [0.717, 1.165) is 5.56 Å². The maximum absolute atomic E-state index is 12.3. The minimum atomic E-state index is -0.688. The lowest BCUT2D eigenvalue weighted by molar-refractivity contribution is -0.132. The van der Waals surface area contributed by atoms with Crippen LogP contribution >= 0.6 is 0 Å². The zero-order valence-corrected chi connectivity index (χ0v) is 11.4. The molecule has 4 heteroatoms. The Hall–Kier alpha value is -2.33. The number of carbonyl (C=O) groups is 1. The molecule has 0 aliphatic rings. The van der Waals surface area contributed by atoms with Gasteiger partial charge < -0.3 is 15.7 Å². The number of rotatable bonds is 4. The summed E-state index contributed by atoms with van der Waals surface area (Å²) < 4.78 is 0. The minimum Gasteiger partial charge on any atom is -0.508 e. The number of nitrogens with two attached hydrogens (primary N) is 1. The fraction of sp³-hybridized carbons (Fsp3) is 0.188. The second-order valence-corrected chi connectivity index (χ2v) is 4.71. The van der Waals surface area contributed by atoms with Crippen LogP contribution in [-0.2, 0) is 11.3 Å². The van der Waals surface area contributed by atoms with Crippen LogP contribution in [0, 0.1) is 0 Å². The van der Waals surface area contributed by atoms with Gasteiger partial charge in [-0.1, -0.05) is 48.5 Å². The molecule has 0 spiro atoms. The number of nitrogens with zero attached hydrogens (tertiary/aromatic N) is 1. The van der Waals surface area contributed by atoms with Crippen LogP contribution in [0.5, 0.6) is 5.75 Å². The van der Waals surface area contributed by atoms with Crippen molar-refractivity contribution in [3.05, 3.63) is 65.7 Å². The molecule has 2 rings (SSSR count). The van der Waals surface area contributed by atoms with E-state index in [1.54, 1.807) is 25.2 Å². The zero-order valence-electron chi connectivity index (χ0n) is 11.4. The van der Waals surface area contributed by atoms with E-state index in [2.05, 4.69) is 0 Å². The van der Waals surface area contributed by atoms with E-state index < -0.39 is 6.04 Å². The van der Waals surface area contributed by atoms with Gasteiger partial charge in [0, 0.05) is 19.2 Å². The van der Waals surface area contributed by atoms with Gasteiger partial charge in [0.05, 0.1) is 0 Å². The standard InChI is InChI=1S/C16H18N2O2/c1-18(11-13-9-5-6-10-14(13)19)16(20)15(17)12-7-3-2-4-8-12/h2-10,15,19H,11,17H2,1H3/t15-/m1/s1. The number of phenols is 1. The Kier molecular flexibility index (Phi) is 4.38. The first-order valence-corrected chi connectivity index (χ1v) is 6.42. The zero-order chi connectivity index (χ0) is 14.5. The number of hydrogen-bond acceptors (Lipinski definition) is 3. The minimum absolute atomic E-state index is 0.181.